The van der Waals surface area contributed by atoms with Gasteiger partial charge >= 0.3 is 5.97 Å². The third-order valence-corrected chi connectivity index (χ3v) is 3.25. The Morgan fingerprint density at radius 2 is 2.17 bits per heavy atom. The number of esters is 1. The molecule has 1 aromatic carbocycles. The summed E-state index contributed by atoms with van der Waals surface area (Å²) in [5, 5.41) is 15.3. The number of nitro groups is 1. The number of ether oxygens (including phenoxy) is 1. The number of furan rings is 1. The second kappa shape index (κ2) is 6.37. The minimum absolute atomic E-state index is 0.0997. The van der Waals surface area contributed by atoms with E-state index in [4.69, 9.17) is 9.15 Å². The maximum atomic E-state index is 12.2. The number of non-ortho nitro benzene ring substituents is 1. The first-order chi connectivity index (χ1) is 11.6. The Morgan fingerprint density at radius 3 is 2.83 bits per heavy atom. The van der Waals surface area contributed by atoms with E-state index in [1.807, 2.05) is 0 Å². The van der Waals surface area contributed by atoms with E-state index < -0.39 is 10.9 Å². The maximum absolute atomic E-state index is 12.2. The molecule has 0 saturated heterocycles. The van der Waals surface area contributed by atoms with Crippen LogP contribution in [0.25, 0.3) is 17.1 Å². The molecule has 24 heavy (non-hydrogen) atoms. The molecule has 2 heterocycles. The van der Waals surface area contributed by atoms with Gasteiger partial charge in [0.2, 0.25) is 0 Å². The van der Waals surface area contributed by atoms with Crippen molar-refractivity contribution < 1.29 is 18.9 Å². The normalized spacial score (nSPS) is 10.5. The lowest BCUT2D eigenvalue weighted by atomic mass is 10.2. The summed E-state index contributed by atoms with van der Waals surface area (Å²) in [6.45, 7) is 1.90. The molecule has 2 aromatic heterocycles. The lowest BCUT2D eigenvalue weighted by Gasteiger charge is -2.06. The van der Waals surface area contributed by atoms with Crippen LogP contribution in [-0.4, -0.2) is 27.3 Å². The van der Waals surface area contributed by atoms with Gasteiger partial charge in [0.25, 0.3) is 5.69 Å². The molecule has 0 aliphatic carbocycles. The third kappa shape index (κ3) is 2.89. The van der Waals surface area contributed by atoms with Crippen molar-refractivity contribution in [2.24, 2.45) is 0 Å². The number of hydrogen-bond donors (Lipinski definition) is 0. The summed E-state index contributed by atoms with van der Waals surface area (Å²) in [5.74, 6) is -0.0981. The molecule has 0 atom stereocenters. The fourth-order valence-corrected chi connectivity index (χ4v) is 2.21. The predicted molar refractivity (Wildman–Crippen MR) is 83.9 cm³/mol. The van der Waals surface area contributed by atoms with E-state index >= 15 is 0 Å². The number of carbonyl (C=O) groups excluding carboxylic acids is 1. The van der Waals surface area contributed by atoms with Crippen molar-refractivity contribution in [1.82, 2.24) is 9.78 Å². The van der Waals surface area contributed by atoms with Crippen LogP contribution >= 0.6 is 0 Å². The zero-order valence-electron chi connectivity index (χ0n) is 12.7. The van der Waals surface area contributed by atoms with Gasteiger partial charge in [0.05, 0.1) is 23.5 Å². The van der Waals surface area contributed by atoms with E-state index in [0.717, 1.165) is 0 Å². The number of nitrogens with zero attached hydrogens (tertiary/aromatic N) is 3. The SMILES string of the molecule is CCOC(=O)c1cc(-c2ccco2)nn1-c1cccc([N+](=O)[O-])c1. The zero-order valence-corrected chi connectivity index (χ0v) is 12.7. The van der Waals surface area contributed by atoms with Gasteiger partial charge in [-0.1, -0.05) is 6.07 Å². The average molecular weight is 327 g/mol. The fraction of sp³-hybridized carbons (Fsp3) is 0.125. The van der Waals surface area contributed by atoms with Crippen LogP contribution in [0.1, 0.15) is 17.4 Å². The van der Waals surface area contributed by atoms with E-state index in [9.17, 15) is 14.9 Å². The van der Waals surface area contributed by atoms with Crippen LogP contribution in [0.2, 0.25) is 0 Å². The highest BCUT2D eigenvalue weighted by molar-refractivity contribution is 5.89. The lowest BCUT2D eigenvalue weighted by Crippen LogP contribution is -2.12. The predicted octanol–water partition coefficient (Wildman–Crippen LogP) is 3.22. The van der Waals surface area contributed by atoms with Gasteiger partial charge in [0.1, 0.15) is 5.69 Å². The molecule has 0 spiro atoms. The summed E-state index contributed by atoms with van der Waals surface area (Å²) in [7, 11) is 0. The van der Waals surface area contributed by atoms with Crippen molar-refractivity contribution in [2.45, 2.75) is 6.92 Å². The molecule has 0 aliphatic rings. The first-order valence-corrected chi connectivity index (χ1v) is 7.16. The highest BCUT2D eigenvalue weighted by atomic mass is 16.6. The Hall–Kier alpha value is -3.42. The Kier molecular flexibility index (Phi) is 4.11. The number of nitro benzene ring substituents is 1. The molecule has 0 radical (unpaired) electrons. The van der Waals surface area contributed by atoms with Crippen molar-refractivity contribution in [1.29, 1.82) is 0 Å². The summed E-state index contributed by atoms with van der Waals surface area (Å²) in [6, 6.07) is 10.8. The third-order valence-electron chi connectivity index (χ3n) is 3.25. The largest absolute Gasteiger partial charge is 0.463 e. The molecule has 8 nitrogen and oxygen atoms in total. The molecule has 0 unspecified atom stereocenters. The summed E-state index contributed by atoms with van der Waals surface area (Å²) in [4.78, 5) is 22.7. The van der Waals surface area contributed by atoms with Crippen LogP contribution < -0.4 is 0 Å². The van der Waals surface area contributed by atoms with Crippen molar-refractivity contribution in [3.8, 4) is 17.1 Å². The van der Waals surface area contributed by atoms with Gasteiger partial charge in [0, 0.05) is 18.2 Å². The zero-order chi connectivity index (χ0) is 17.1. The number of hydrogen-bond acceptors (Lipinski definition) is 6. The van der Waals surface area contributed by atoms with Gasteiger partial charge in [0.15, 0.2) is 11.5 Å². The number of aromatic nitrogens is 2. The van der Waals surface area contributed by atoms with Gasteiger partial charge in [-0.2, -0.15) is 5.10 Å². The molecule has 8 heteroatoms. The van der Waals surface area contributed by atoms with Crippen LogP contribution in [0, 0.1) is 10.1 Å². The van der Waals surface area contributed by atoms with E-state index in [2.05, 4.69) is 5.10 Å². The Balaban J connectivity index is 2.13. The van der Waals surface area contributed by atoms with Crippen molar-refractivity contribution >= 4 is 11.7 Å². The van der Waals surface area contributed by atoms with Gasteiger partial charge in [-0.25, -0.2) is 9.48 Å². The van der Waals surface area contributed by atoms with E-state index in [-0.39, 0.29) is 18.0 Å². The van der Waals surface area contributed by atoms with Crippen molar-refractivity contribution in [2.75, 3.05) is 6.61 Å². The van der Waals surface area contributed by atoms with Crippen molar-refractivity contribution in [3.63, 3.8) is 0 Å². The second-order valence-corrected chi connectivity index (χ2v) is 4.80. The van der Waals surface area contributed by atoms with Gasteiger partial charge in [-0.15, -0.1) is 0 Å². The standard InChI is InChI=1S/C16H13N3O5/c1-2-23-16(20)14-10-13(15-7-4-8-24-15)17-18(14)11-5-3-6-12(9-11)19(21)22/h3-10H,2H2,1H3. The molecule has 3 aromatic rings. The van der Waals surface area contributed by atoms with Gasteiger partial charge in [-0.3, -0.25) is 10.1 Å². The van der Waals surface area contributed by atoms with E-state index in [1.54, 1.807) is 25.1 Å². The molecular weight excluding hydrogens is 314 g/mol. The quantitative estimate of drug-likeness (QED) is 0.405. The smallest absolute Gasteiger partial charge is 0.357 e. The molecular formula is C16H13N3O5. The second-order valence-electron chi connectivity index (χ2n) is 4.80. The first kappa shape index (κ1) is 15.5. The van der Waals surface area contributed by atoms with Crippen LogP contribution in [-0.2, 0) is 4.74 Å². The molecule has 3 rings (SSSR count). The summed E-state index contributed by atoms with van der Waals surface area (Å²) in [5.41, 5.74) is 0.862. The number of benzene rings is 1. The molecule has 0 N–H and O–H groups in total. The summed E-state index contributed by atoms with van der Waals surface area (Å²) in [6.07, 6.45) is 1.49. The molecule has 0 saturated carbocycles. The summed E-state index contributed by atoms with van der Waals surface area (Å²) >= 11 is 0. The first-order valence-electron chi connectivity index (χ1n) is 7.16. The molecule has 0 bridgehead atoms. The molecule has 0 amide bonds. The van der Waals surface area contributed by atoms with Gasteiger partial charge < -0.3 is 9.15 Å². The van der Waals surface area contributed by atoms with Crippen LogP contribution in [0.5, 0.6) is 0 Å². The van der Waals surface area contributed by atoms with Crippen molar-refractivity contribution in [3.05, 3.63) is 64.5 Å². The number of rotatable bonds is 5. The Bertz CT molecular complexity index is 883. The Labute approximate surface area is 136 Å². The monoisotopic (exact) mass is 327 g/mol. The topological polar surface area (TPSA) is 100 Å². The fourth-order valence-electron chi connectivity index (χ4n) is 2.21. The molecule has 0 aliphatic heterocycles. The minimum atomic E-state index is -0.575. The lowest BCUT2D eigenvalue weighted by molar-refractivity contribution is -0.384. The van der Waals surface area contributed by atoms with E-state index in [1.165, 1.54) is 35.2 Å². The average Bonchev–Trinajstić information content (AvgIpc) is 3.24. The highest BCUT2D eigenvalue weighted by Gasteiger charge is 2.20. The van der Waals surface area contributed by atoms with Crippen LogP contribution in [0.3, 0.4) is 0 Å². The number of carbonyl (C=O) groups is 1. The van der Waals surface area contributed by atoms with E-state index in [0.29, 0.717) is 17.1 Å². The van der Waals surface area contributed by atoms with Gasteiger partial charge in [-0.05, 0) is 25.1 Å². The maximum Gasteiger partial charge on any atom is 0.357 e. The van der Waals surface area contributed by atoms with Crippen LogP contribution in [0.15, 0.2) is 53.1 Å². The molecule has 0 fully saturated rings. The minimum Gasteiger partial charge on any atom is -0.463 e. The Morgan fingerprint density at radius 1 is 1.33 bits per heavy atom. The summed E-state index contributed by atoms with van der Waals surface area (Å²) < 4.78 is 11.6. The highest BCUT2D eigenvalue weighted by Crippen LogP contribution is 2.24. The molecule has 122 valence electrons. The van der Waals surface area contributed by atoms with Crippen LogP contribution in [0.4, 0.5) is 5.69 Å².